The van der Waals surface area contributed by atoms with Crippen LogP contribution in [0.25, 0.3) is 0 Å². The van der Waals surface area contributed by atoms with E-state index in [1.807, 2.05) is 12.3 Å². The van der Waals surface area contributed by atoms with Gasteiger partial charge in [0, 0.05) is 24.4 Å². The summed E-state index contributed by atoms with van der Waals surface area (Å²) in [6, 6.07) is 9.64. The molecule has 0 radical (unpaired) electrons. The molecule has 20 heavy (non-hydrogen) atoms. The Bertz CT molecular complexity index is 672. The number of hydrogen-bond donors (Lipinski definition) is 0. The molecule has 5 heteroatoms. The highest BCUT2D eigenvalue weighted by molar-refractivity contribution is 5.33. The molecule has 2 rings (SSSR count). The highest BCUT2D eigenvalue weighted by Gasteiger charge is 2.06. The van der Waals surface area contributed by atoms with E-state index < -0.39 is 4.92 Å². The molecule has 0 unspecified atom stereocenters. The van der Waals surface area contributed by atoms with Crippen LogP contribution < -0.4 is 5.56 Å². The first kappa shape index (κ1) is 14.0. The summed E-state index contributed by atoms with van der Waals surface area (Å²) in [5, 5.41) is 10.6. The third-order valence-electron chi connectivity index (χ3n) is 3.17. The molecule has 1 aromatic carbocycles. The van der Waals surface area contributed by atoms with Gasteiger partial charge in [-0.15, -0.1) is 0 Å². The predicted octanol–water partition coefficient (Wildman–Crippen LogP) is 2.93. The van der Waals surface area contributed by atoms with Crippen molar-refractivity contribution >= 4 is 5.69 Å². The SMILES string of the molecule is CC(C)c1ccc(=O)n(Cc2ccc([N+](=O)[O-])cc2)c1. The number of nitrogens with zero attached hydrogens (tertiary/aromatic N) is 2. The molecular weight excluding hydrogens is 256 g/mol. The van der Waals surface area contributed by atoms with Crippen molar-refractivity contribution in [2.24, 2.45) is 0 Å². The summed E-state index contributed by atoms with van der Waals surface area (Å²) in [5.41, 5.74) is 1.93. The maximum absolute atomic E-state index is 11.8. The largest absolute Gasteiger partial charge is 0.311 e. The maximum Gasteiger partial charge on any atom is 0.269 e. The van der Waals surface area contributed by atoms with Crippen LogP contribution in [0.1, 0.15) is 30.9 Å². The van der Waals surface area contributed by atoms with E-state index in [1.165, 1.54) is 12.1 Å². The number of nitro groups is 1. The smallest absolute Gasteiger partial charge is 0.269 e. The van der Waals surface area contributed by atoms with E-state index in [4.69, 9.17) is 0 Å². The van der Waals surface area contributed by atoms with Crippen LogP contribution >= 0.6 is 0 Å². The predicted molar refractivity (Wildman–Crippen MR) is 77.0 cm³/mol. The van der Waals surface area contributed by atoms with E-state index in [0.29, 0.717) is 12.5 Å². The van der Waals surface area contributed by atoms with Crippen LogP contribution in [0.15, 0.2) is 47.4 Å². The van der Waals surface area contributed by atoms with Gasteiger partial charge in [0.1, 0.15) is 0 Å². The standard InChI is InChI=1S/C15H16N2O3/c1-11(2)13-5-8-15(18)16(10-13)9-12-3-6-14(7-4-12)17(19)20/h3-8,10-11H,9H2,1-2H3. The first-order valence-electron chi connectivity index (χ1n) is 6.41. The Balaban J connectivity index is 2.27. The first-order chi connectivity index (χ1) is 9.47. The molecule has 104 valence electrons. The summed E-state index contributed by atoms with van der Waals surface area (Å²) >= 11 is 0. The van der Waals surface area contributed by atoms with E-state index in [2.05, 4.69) is 13.8 Å². The van der Waals surface area contributed by atoms with Gasteiger partial charge in [-0.2, -0.15) is 0 Å². The quantitative estimate of drug-likeness (QED) is 0.635. The van der Waals surface area contributed by atoms with E-state index in [1.54, 1.807) is 22.8 Å². The third-order valence-corrected chi connectivity index (χ3v) is 3.17. The fourth-order valence-electron chi connectivity index (χ4n) is 1.93. The van der Waals surface area contributed by atoms with Gasteiger partial charge in [-0.05, 0) is 17.0 Å². The highest BCUT2D eigenvalue weighted by Crippen LogP contribution is 2.14. The molecule has 0 N–H and O–H groups in total. The fourth-order valence-corrected chi connectivity index (χ4v) is 1.93. The number of nitro benzene ring substituents is 1. The van der Waals surface area contributed by atoms with Crippen LogP contribution in [0.4, 0.5) is 5.69 Å². The summed E-state index contributed by atoms with van der Waals surface area (Å²) in [5.74, 6) is 0.346. The molecule has 1 heterocycles. The van der Waals surface area contributed by atoms with Crippen LogP contribution in [0.3, 0.4) is 0 Å². The molecule has 0 saturated heterocycles. The van der Waals surface area contributed by atoms with Crippen molar-refractivity contribution in [2.45, 2.75) is 26.3 Å². The molecule has 0 aliphatic heterocycles. The minimum absolute atomic E-state index is 0.0528. The van der Waals surface area contributed by atoms with Gasteiger partial charge < -0.3 is 4.57 Å². The second-order valence-corrected chi connectivity index (χ2v) is 5.01. The normalized spacial score (nSPS) is 10.8. The first-order valence-corrected chi connectivity index (χ1v) is 6.41. The lowest BCUT2D eigenvalue weighted by atomic mass is 10.1. The third kappa shape index (κ3) is 3.12. The van der Waals surface area contributed by atoms with Crippen LogP contribution in [0.2, 0.25) is 0 Å². The Morgan fingerprint density at radius 2 is 1.80 bits per heavy atom. The topological polar surface area (TPSA) is 65.1 Å². The average molecular weight is 272 g/mol. The van der Waals surface area contributed by atoms with E-state index in [9.17, 15) is 14.9 Å². The molecule has 0 fully saturated rings. The molecule has 0 atom stereocenters. The van der Waals surface area contributed by atoms with Gasteiger partial charge in [0.2, 0.25) is 0 Å². The molecule has 0 aliphatic rings. The lowest BCUT2D eigenvalue weighted by Crippen LogP contribution is -2.19. The Kier molecular flexibility index (Phi) is 3.98. The second kappa shape index (κ2) is 5.69. The van der Waals surface area contributed by atoms with Gasteiger partial charge in [0.25, 0.3) is 11.2 Å². The average Bonchev–Trinajstić information content (AvgIpc) is 2.41. The number of non-ortho nitro benzene ring substituents is 1. The summed E-state index contributed by atoms with van der Waals surface area (Å²) in [6.07, 6.45) is 1.84. The molecule has 0 bridgehead atoms. The van der Waals surface area contributed by atoms with E-state index in [0.717, 1.165) is 11.1 Å². The number of pyridine rings is 1. The summed E-state index contributed by atoms with van der Waals surface area (Å²) in [7, 11) is 0. The molecule has 0 saturated carbocycles. The lowest BCUT2D eigenvalue weighted by Gasteiger charge is -2.10. The summed E-state index contributed by atoms with van der Waals surface area (Å²) in [6.45, 7) is 4.55. The highest BCUT2D eigenvalue weighted by atomic mass is 16.6. The fraction of sp³-hybridized carbons (Fsp3) is 0.267. The molecule has 5 nitrogen and oxygen atoms in total. The van der Waals surface area contributed by atoms with Crippen molar-refractivity contribution in [1.82, 2.24) is 4.57 Å². The summed E-state index contributed by atoms with van der Waals surface area (Å²) < 4.78 is 1.62. The van der Waals surface area contributed by atoms with Crippen LogP contribution in [0, 0.1) is 10.1 Å². The van der Waals surface area contributed by atoms with Crippen molar-refractivity contribution in [3.8, 4) is 0 Å². The van der Waals surface area contributed by atoms with Crippen LogP contribution in [-0.2, 0) is 6.54 Å². The van der Waals surface area contributed by atoms with Gasteiger partial charge >= 0.3 is 0 Å². The monoisotopic (exact) mass is 272 g/mol. The molecule has 0 aliphatic carbocycles. The zero-order chi connectivity index (χ0) is 14.7. The van der Waals surface area contributed by atoms with Crippen molar-refractivity contribution < 1.29 is 4.92 Å². The van der Waals surface area contributed by atoms with E-state index >= 15 is 0 Å². The molecular formula is C15H16N2O3. The Morgan fingerprint density at radius 3 is 2.35 bits per heavy atom. The van der Waals surface area contributed by atoms with Gasteiger partial charge in [-0.1, -0.05) is 32.0 Å². The van der Waals surface area contributed by atoms with Crippen LogP contribution in [0.5, 0.6) is 0 Å². The van der Waals surface area contributed by atoms with Gasteiger partial charge in [-0.3, -0.25) is 14.9 Å². The Morgan fingerprint density at radius 1 is 1.15 bits per heavy atom. The van der Waals surface area contributed by atoms with Gasteiger partial charge in [0.05, 0.1) is 11.5 Å². The Hall–Kier alpha value is -2.43. The zero-order valence-corrected chi connectivity index (χ0v) is 11.4. The second-order valence-electron chi connectivity index (χ2n) is 5.01. The van der Waals surface area contributed by atoms with Crippen molar-refractivity contribution in [3.05, 3.63) is 74.2 Å². The minimum Gasteiger partial charge on any atom is -0.311 e. The van der Waals surface area contributed by atoms with E-state index in [-0.39, 0.29) is 11.2 Å². The number of rotatable bonds is 4. The molecule has 1 aromatic heterocycles. The summed E-state index contributed by atoms with van der Waals surface area (Å²) in [4.78, 5) is 22.0. The van der Waals surface area contributed by atoms with Crippen molar-refractivity contribution in [2.75, 3.05) is 0 Å². The molecule has 2 aromatic rings. The number of aromatic nitrogens is 1. The number of hydrogen-bond acceptors (Lipinski definition) is 3. The Labute approximate surface area is 116 Å². The maximum atomic E-state index is 11.8. The van der Waals surface area contributed by atoms with Gasteiger partial charge in [0.15, 0.2) is 0 Å². The van der Waals surface area contributed by atoms with Crippen LogP contribution in [-0.4, -0.2) is 9.49 Å². The molecule has 0 amide bonds. The minimum atomic E-state index is -0.435. The lowest BCUT2D eigenvalue weighted by molar-refractivity contribution is -0.384. The zero-order valence-electron chi connectivity index (χ0n) is 11.4. The molecule has 0 spiro atoms. The van der Waals surface area contributed by atoms with Gasteiger partial charge in [-0.25, -0.2) is 0 Å². The number of benzene rings is 1. The van der Waals surface area contributed by atoms with Crippen molar-refractivity contribution in [1.29, 1.82) is 0 Å². The van der Waals surface area contributed by atoms with Crippen molar-refractivity contribution in [3.63, 3.8) is 0 Å².